The van der Waals surface area contributed by atoms with Crippen molar-refractivity contribution in [2.24, 2.45) is 0 Å². The molecule has 1 aromatic rings. The van der Waals surface area contributed by atoms with Gasteiger partial charge in [0.15, 0.2) is 0 Å². The number of rotatable bonds is 4. The Bertz CT molecular complexity index is 605. The molecule has 1 aromatic carbocycles. The van der Waals surface area contributed by atoms with Crippen molar-refractivity contribution in [3.63, 3.8) is 0 Å². The third kappa shape index (κ3) is 3.50. The van der Waals surface area contributed by atoms with E-state index in [1.165, 1.54) is 0 Å². The van der Waals surface area contributed by atoms with Gasteiger partial charge in [0, 0.05) is 11.0 Å². The molecule has 0 aliphatic carbocycles. The zero-order valence-corrected chi connectivity index (χ0v) is 13.0. The summed E-state index contributed by atoms with van der Waals surface area (Å²) in [4.78, 5) is 11.2. The first kappa shape index (κ1) is 15.3. The van der Waals surface area contributed by atoms with Gasteiger partial charge in [0.25, 0.3) is 0 Å². The van der Waals surface area contributed by atoms with Gasteiger partial charge in [0.1, 0.15) is 6.04 Å². The summed E-state index contributed by atoms with van der Waals surface area (Å²) in [7, 11) is -3.87. The fourth-order valence-corrected chi connectivity index (χ4v) is 4.04. The number of piperidine rings is 1. The SMILES string of the molecule is O=C(O)C1CCCCN1S(=O)(=O)Nc1cccc(Br)c1. The van der Waals surface area contributed by atoms with E-state index in [-0.39, 0.29) is 6.54 Å². The highest BCUT2D eigenvalue weighted by molar-refractivity contribution is 9.10. The van der Waals surface area contributed by atoms with E-state index in [2.05, 4.69) is 20.7 Å². The van der Waals surface area contributed by atoms with Gasteiger partial charge in [0.2, 0.25) is 0 Å². The van der Waals surface area contributed by atoms with Gasteiger partial charge in [-0.3, -0.25) is 9.52 Å². The lowest BCUT2D eigenvalue weighted by atomic mass is 10.1. The molecular formula is C12H15BrN2O4S. The van der Waals surface area contributed by atoms with E-state index in [4.69, 9.17) is 5.11 Å². The number of aliphatic carboxylic acids is 1. The van der Waals surface area contributed by atoms with Crippen molar-refractivity contribution in [3.05, 3.63) is 28.7 Å². The van der Waals surface area contributed by atoms with Gasteiger partial charge in [0.05, 0.1) is 5.69 Å². The first-order valence-corrected chi connectivity index (χ1v) is 8.41. The molecule has 1 aliphatic rings. The van der Waals surface area contributed by atoms with Crippen LogP contribution in [0, 0.1) is 0 Å². The Labute approximate surface area is 126 Å². The summed E-state index contributed by atoms with van der Waals surface area (Å²) in [5.74, 6) is -1.11. The standard InChI is InChI=1S/C12H15BrN2O4S/c13-9-4-3-5-10(8-9)14-20(18,19)15-7-2-1-6-11(15)12(16)17/h3-5,8,11,14H,1-2,6-7H2,(H,16,17). The zero-order chi connectivity index (χ0) is 14.8. The first-order chi connectivity index (χ1) is 9.40. The van der Waals surface area contributed by atoms with Crippen molar-refractivity contribution in [3.8, 4) is 0 Å². The highest BCUT2D eigenvalue weighted by Crippen LogP contribution is 2.23. The van der Waals surface area contributed by atoms with Gasteiger partial charge in [-0.1, -0.05) is 22.0 Å². The van der Waals surface area contributed by atoms with Crippen LogP contribution >= 0.6 is 15.9 Å². The van der Waals surface area contributed by atoms with Crippen LogP contribution in [0.3, 0.4) is 0 Å². The molecule has 6 nitrogen and oxygen atoms in total. The topological polar surface area (TPSA) is 86.7 Å². The maximum atomic E-state index is 12.3. The number of halogens is 1. The summed E-state index contributed by atoms with van der Waals surface area (Å²) in [6, 6.07) is 5.72. The van der Waals surface area contributed by atoms with Gasteiger partial charge >= 0.3 is 16.2 Å². The Kier molecular flexibility index (Phi) is 4.66. The van der Waals surface area contributed by atoms with Crippen LogP contribution in [0.25, 0.3) is 0 Å². The molecular weight excluding hydrogens is 348 g/mol. The van der Waals surface area contributed by atoms with E-state index in [1.54, 1.807) is 24.3 Å². The fourth-order valence-electron chi connectivity index (χ4n) is 2.20. The highest BCUT2D eigenvalue weighted by Gasteiger charge is 2.36. The Hall–Kier alpha value is -1.12. The molecule has 110 valence electrons. The normalized spacial score (nSPS) is 20.6. The Morgan fingerprint density at radius 1 is 1.40 bits per heavy atom. The number of nitrogens with zero attached hydrogens (tertiary/aromatic N) is 1. The summed E-state index contributed by atoms with van der Waals surface area (Å²) < 4.78 is 28.8. The average molecular weight is 363 g/mol. The molecule has 1 saturated heterocycles. The van der Waals surface area contributed by atoms with Crippen LogP contribution in [0.5, 0.6) is 0 Å². The molecule has 1 heterocycles. The van der Waals surface area contributed by atoms with Crippen molar-refractivity contribution >= 4 is 37.8 Å². The van der Waals surface area contributed by atoms with Crippen LogP contribution in [0.2, 0.25) is 0 Å². The molecule has 0 radical (unpaired) electrons. The van der Waals surface area contributed by atoms with Crippen molar-refractivity contribution in [1.29, 1.82) is 0 Å². The van der Waals surface area contributed by atoms with Crippen molar-refractivity contribution in [2.75, 3.05) is 11.3 Å². The first-order valence-electron chi connectivity index (χ1n) is 6.18. The van der Waals surface area contributed by atoms with E-state index >= 15 is 0 Å². The number of carboxylic acids is 1. The molecule has 0 bridgehead atoms. The number of anilines is 1. The van der Waals surface area contributed by atoms with E-state index < -0.39 is 22.2 Å². The van der Waals surface area contributed by atoms with Gasteiger partial charge in [-0.05, 0) is 37.5 Å². The molecule has 20 heavy (non-hydrogen) atoms. The van der Waals surface area contributed by atoms with E-state index in [1.807, 2.05) is 0 Å². The fraction of sp³-hybridized carbons (Fsp3) is 0.417. The summed E-state index contributed by atoms with van der Waals surface area (Å²) in [5, 5.41) is 9.14. The smallest absolute Gasteiger partial charge is 0.322 e. The van der Waals surface area contributed by atoms with Gasteiger partial charge in [-0.15, -0.1) is 0 Å². The van der Waals surface area contributed by atoms with Crippen LogP contribution in [0.15, 0.2) is 28.7 Å². The minimum atomic E-state index is -3.87. The zero-order valence-electron chi connectivity index (χ0n) is 10.6. The predicted octanol–water partition coefficient (Wildman–Crippen LogP) is 2.04. The molecule has 0 spiro atoms. The number of carboxylic acid groups (broad SMARTS) is 1. The van der Waals surface area contributed by atoms with Gasteiger partial charge < -0.3 is 5.11 Å². The molecule has 1 aliphatic heterocycles. The maximum Gasteiger partial charge on any atom is 0.322 e. The molecule has 8 heteroatoms. The lowest BCUT2D eigenvalue weighted by Crippen LogP contribution is -2.49. The van der Waals surface area contributed by atoms with Gasteiger partial charge in [-0.2, -0.15) is 12.7 Å². The van der Waals surface area contributed by atoms with E-state index in [0.29, 0.717) is 18.5 Å². The second-order valence-electron chi connectivity index (χ2n) is 4.58. The number of hydrogen-bond acceptors (Lipinski definition) is 3. The van der Waals surface area contributed by atoms with E-state index in [0.717, 1.165) is 15.2 Å². The number of benzene rings is 1. The molecule has 1 unspecified atom stereocenters. The molecule has 1 fully saturated rings. The Morgan fingerprint density at radius 3 is 2.80 bits per heavy atom. The number of hydrogen-bond donors (Lipinski definition) is 2. The summed E-state index contributed by atoms with van der Waals surface area (Å²) in [6.45, 7) is 0.223. The number of carbonyl (C=O) groups is 1. The van der Waals surface area contributed by atoms with Crippen LogP contribution in [-0.2, 0) is 15.0 Å². The molecule has 0 saturated carbocycles. The third-order valence-corrected chi connectivity index (χ3v) is 5.16. The van der Waals surface area contributed by atoms with Crippen LogP contribution in [-0.4, -0.2) is 36.4 Å². The number of nitrogens with one attached hydrogen (secondary N) is 1. The Balaban J connectivity index is 2.22. The minimum absolute atomic E-state index is 0.223. The largest absolute Gasteiger partial charge is 0.480 e. The second kappa shape index (κ2) is 6.11. The van der Waals surface area contributed by atoms with Crippen LogP contribution in [0.1, 0.15) is 19.3 Å². The molecule has 0 amide bonds. The van der Waals surface area contributed by atoms with Crippen molar-refractivity contribution in [1.82, 2.24) is 4.31 Å². The van der Waals surface area contributed by atoms with Crippen LogP contribution < -0.4 is 4.72 Å². The van der Waals surface area contributed by atoms with E-state index in [9.17, 15) is 13.2 Å². The quantitative estimate of drug-likeness (QED) is 0.857. The molecule has 2 rings (SSSR count). The highest BCUT2D eigenvalue weighted by atomic mass is 79.9. The molecule has 0 aromatic heterocycles. The summed E-state index contributed by atoms with van der Waals surface area (Å²) >= 11 is 3.26. The lowest BCUT2D eigenvalue weighted by Gasteiger charge is -2.31. The summed E-state index contributed by atoms with van der Waals surface area (Å²) in [5.41, 5.74) is 0.397. The lowest BCUT2D eigenvalue weighted by molar-refractivity contribution is -0.142. The average Bonchev–Trinajstić information content (AvgIpc) is 2.38. The van der Waals surface area contributed by atoms with Crippen molar-refractivity contribution in [2.45, 2.75) is 25.3 Å². The third-order valence-electron chi connectivity index (χ3n) is 3.12. The maximum absolute atomic E-state index is 12.3. The predicted molar refractivity (Wildman–Crippen MR) is 78.7 cm³/mol. The van der Waals surface area contributed by atoms with Crippen molar-refractivity contribution < 1.29 is 18.3 Å². The minimum Gasteiger partial charge on any atom is -0.480 e. The second-order valence-corrected chi connectivity index (χ2v) is 7.12. The van der Waals surface area contributed by atoms with Crippen LogP contribution in [0.4, 0.5) is 5.69 Å². The van der Waals surface area contributed by atoms with Gasteiger partial charge in [-0.25, -0.2) is 0 Å². The monoisotopic (exact) mass is 362 g/mol. The Morgan fingerprint density at radius 2 is 2.15 bits per heavy atom. The summed E-state index contributed by atoms with van der Waals surface area (Å²) in [6.07, 6.45) is 1.73. The molecule has 2 N–H and O–H groups in total. The molecule has 1 atom stereocenters.